The van der Waals surface area contributed by atoms with Crippen molar-refractivity contribution in [3.63, 3.8) is 0 Å². The van der Waals surface area contributed by atoms with Gasteiger partial charge in [0.2, 0.25) is 0 Å². The molecule has 0 fully saturated rings. The fourth-order valence-electron chi connectivity index (χ4n) is 2.86. The number of carbonyl (C=O) groups is 2. The van der Waals surface area contributed by atoms with Crippen molar-refractivity contribution < 1.29 is 33.3 Å². The minimum atomic E-state index is -0.594. The van der Waals surface area contributed by atoms with Crippen LogP contribution in [-0.4, -0.2) is 46.0 Å². The van der Waals surface area contributed by atoms with Crippen LogP contribution in [0.2, 0.25) is 0 Å². The highest BCUT2D eigenvalue weighted by atomic mass is 79.9. The lowest BCUT2D eigenvalue weighted by Gasteiger charge is -2.11. The van der Waals surface area contributed by atoms with Gasteiger partial charge in [0.1, 0.15) is 5.75 Å². The molecule has 0 atom stereocenters. The summed E-state index contributed by atoms with van der Waals surface area (Å²) in [7, 11) is 4.44. The molecule has 0 saturated heterocycles. The topological polar surface area (TPSA) is 105 Å². The Hall–Kier alpha value is -4.05. The molecule has 0 aliphatic carbocycles. The van der Waals surface area contributed by atoms with Crippen LogP contribution < -0.4 is 29.1 Å². The molecule has 9 nitrogen and oxygen atoms in total. The van der Waals surface area contributed by atoms with Gasteiger partial charge in [-0.05, 0) is 66.2 Å². The van der Waals surface area contributed by atoms with E-state index in [0.29, 0.717) is 28.6 Å². The Labute approximate surface area is 210 Å². The number of halogens is 1. The molecule has 0 radical (unpaired) electrons. The predicted molar refractivity (Wildman–Crippen MR) is 133 cm³/mol. The number of rotatable bonds is 10. The highest BCUT2D eigenvalue weighted by Crippen LogP contribution is 2.31. The van der Waals surface area contributed by atoms with E-state index in [0.717, 1.165) is 4.47 Å². The van der Waals surface area contributed by atoms with Crippen LogP contribution in [0, 0.1) is 0 Å². The Morgan fingerprint density at radius 3 is 2.20 bits per heavy atom. The number of hydrogen-bond acceptors (Lipinski definition) is 8. The minimum absolute atomic E-state index is 0.187. The summed E-state index contributed by atoms with van der Waals surface area (Å²) in [6, 6.07) is 16.7. The van der Waals surface area contributed by atoms with Gasteiger partial charge in [-0.15, -0.1) is 0 Å². The highest BCUT2D eigenvalue weighted by molar-refractivity contribution is 9.10. The number of nitrogens with zero attached hydrogens (tertiary/aromatic N) is 1. The van der Waals surface area contributed by atoms with Gasteiger partial charge in [0.05, 0.1) is 33.1 Å². The molecule has 0 aliphatic rings. The van der Waals surface area contributed by atoms with Crippen molar-refractivity contribution in [2.75, 3.05) is 27.9 Å². The summed E-state index contributed by atoms with van der Waals surface area (Å²) < 4.78 is 27.5. The average Bonchev–Trinajstić information content (AvgIpc) is 2.88. The first-order chi connectivity index (χ1) is 16.9. The zero-order chi connectivity index (χ0) is 25.2. The number of amides is 1. The van der Waals surface area contributed by atoms with E-state index in [9.17, 15) is 9.59 Å². The third-order valence-electron chi connectivity index (χ3n) is 4.60. The number of ether oxygens (including phenoxy) is 5. The first-order valence-corrected chi connectivity index (χ1v) is 11.0. The van der Waals surface area contributed by atoms with Crippen LogP contribution in [0.4, 0.5) is 0 Å². The van der Waals surface area contributed by atoms with Crippen LogP contribution in [0.5, 0.6) is 28.7 Å². The molecule has 35 heavy (non-hydrogen) atoms. The van der Waals surface area contributed by atoms with Crippen LogP contribution in [0.1, 0.15) is 15.9 Å². The van der Waals surface area contributed by atoms with Gasteiger partial charge in [0.25, 0.3) is 5.91 Å². The summed E-state index contributed by atoms with van der Waals surface area (Å²) >= 11 is 3.33. The van der Waals surface area contributed by atoms with Gasteiger partial charge >= 0.3 is 5.97 Å². The largest absolute Gasteiger partial charge is 0.493 e. The first kappa shape index (κ1) is 25.6. The van der Waals surface area contributed by atoms with Crippen molar-refractivity contribution in [3.05, 3.63) is 76.3 Å². The normalized spacial score (nSPS) is 10.5. The van der Waals surface area contributed by atoms with Crippen LogP contribution >= 0.6 is 15.9 Å². The Kier molecular flexibility index (Phi) is 9.08. The van der Waals surface area contributed by atoms with Crippen LogP contribution in [-0.2, 0) is 4.79 Å². The molecule has 1 amide bonds. The molecule has 0 unspecified atom stereocenters. The fourth-order valence-corrected chi connectivity index (χ4v) is 3.13. The summed E-state index contributed by atoms with van der Waals surface area (Å²) in [4.78, 5) is 24.5. The maximum Gasteiger partial charge on any atom is 0.343 e. The molecule has 0 aromatic heterocycles. The molecule has 3 aromatic carbocycles. The van der Waals surface area contributed by atoms with E-state index >= 15 is 0 Å². The molecule has 1 N–H and O–H groups in total. The van der Waals surface area contributed by atoms with E-state index in [4.69, 9.17) is 23.7 Å². The molecule has 10 heteroatoms. The molecular weight excluding hydrogens is 520 g/mol. The number of esters is 1. The number of methoxy groups -OCH3 is 3. The maximum atomic E-state index is 12.6. The third-order valence-corrected chi connectivity index (χ3v) is 5.12. The lowest BCUT2D eigenvalue weighted by Crippen LogP contribution is -2.24. The first-order valence-electron chi connectivity index (χ1n) is 10.3. The average molecular weight is 543 g/mol. The maximum absolute atomic E-state index is 12.6. The van der Waals surface area contributed by atoms with Crippen LogP contribution in [0.15, 0.2) is 70.2 Å². The van der Waals surface area contributed by atoms with E-state index in [1.54, 1.807) is 42.5 Å². The van der Waals surface area contributed by atoms with E-state index in [1.165, 1.54) is 33.6 Å². The molecule has 0 bridgehead atoms. The van der Waals surface area contributed by atoms with Gasteiger partial charge in [-0.3, -0.25) is 4.79 Å². The van der Waals surface area contributed by atoms with Gasteiger partial charge in [-0.2, -0.15) is 5.10 Å². The van der Waals surface area contributed by atoms with Crippen LogP contribution in [0.25, 0.3) is 0 Å². The second-order valence-electron chi connectivity index (χ2n) is 6.91. The smallest absolute Gasteiger partial charge is 0.343 e. The molecule has 3 aromatic rings. The second-order valence-corrected chi connectivity index (χ2v) is 7.82. The zero-order valence-corrected chi connectivity index (χ0v) is 20.8. The molecule has 182 valence electrons. The fraction of sp³-hybridized carbons (Fsp3) is 0.160. The third kappa shape index (κ3) is 7.21. The van der Waals surface area contributed by atoms with Gasteiger partial charge < -0.3 is 23.7 Å². The Bertz CT molecular complexity index is 1210. The number of hydrogen-bond donors (Lipinski definition) is 1. The van der Waals surface area contributed by atoms with Crippen molar-refractivity contribution in [3.8, 4) is 28.7 Å². The summed E-state index contributed by atoms with van der Waals surface area (Å²) in [5.74, 6) is 0.988. The van der Waals surface area contributed by atoms with Crippen LogP contribution in [0.3, 0.4) is 0 Å². The number of benzene rings is 3. The second kappa shape index (κ2) is 12.4. The number of nitrogens with one attached hydrogen (secondary N) is 1. The van der Waals surface area contributed by atoms with E-state index in [2.05, 4.69) is 26.5 Å². The van der Waals surface area contributed by atoms with Gasteiger partial charge in [-0.25, -0.2) is 10.2 Å². The van der Waals surface area contributed by atoms with Gasteiger partial charge in [-0.1, -0.05) is 15.9 Å². The standard InChI is InChI=1S/C25H23BrN2O7/c1-31-20-11-5-17(13-23(20)33-3)25(30)35-21-10-4-16(12-22(21)32-2)14-27-28-24(29)15-34-19-8-6-18(26)7-9-19/h4-14H,15H2,1-3H3,(H,28,29). The summed E-state index contributed by atoms with van der Waals surface area (Å²) in [6.45, 7) is -0.187. The quantitative estimate of drug-likeness (QED) is 0.177. The highest BCUT2D eigenvalue weighted by Gasteiger charge is 2.15. The van der Waals surface area contributed by atoms with Gasteiger partial charge in [0.15, 0.2) is 29.6 Å². The molecule has 0 heterocycles. The Balaban J connectivity index is 1.59. The van der Waals surface area contributed by atoms with Gasteiger partial charge in [0, 0.05) is 4.47 Å². The summed E-state index contributed by atoms with van der Waals surface area (Å²) in [5.41, 5.74) is 3.28. The molecule has 0 saturated carbocycles. The monoisotopic (exact) mass is 542 g/mol. The number of hydrazone groups is 1. The summed E-state index contributed by atoms with van der Waals surface area (Å²) in [5, 5.41) is 3.92. The van der Waals surface area contributed by atoms with Crippen molar-refractivity contribution in [1.29, 1.82) is 0 Å². The van der Waals surface area contributed by atoms with E-state index in [-0.39, 0.29) is 17.9 Å². The van der Waals surface area contributed by atoms with Crippen molar-refractivity contribution >= 4 is 34.0 Å². The predicted octanol–water partition coefficient (Wildman–Crippen LogP) is 4.22. The minimum Gasteiger partial charge on any atom is -0.493 e. The van der Waals surface area contributed by atoms with Crippen molar-refractivity contribution in [1.82, 2.24) is 5.43 Å². The Morgan fingerprint density at radius 2 is 1.51 bits per heavy atom. The Morgan fingerprint density at radius 1 is 0.857 bits per heavy atom. The lowest BCUT2D eigenvalue weighted by molar-refractivity contribution is -0.123. The van der Waals surface area contributed by atoms with Crippen molar-refractivity contribution in [2.24, 2.45) is 5.10 Å². The molecule has 0 spiro atoms. The molecular formula is C25H23BrN2O7. The van der Waals surface area contributed by atoms with E-state index < -0.39 is 11.9 Å². The molecule has 3 rings (SSSR count). The van der Waals surface area contributed by atoms with E-state index in [1.807, 2.05) is 12.1 Å². The lowest BCUT2D eigenvalue weighted by atomic mass is 10.2. The summed E-state index contributed by atoms with van der Waals surface area (Å²) in [6.07, 6.45) is 1.43. The zero-order valence-electron chi connectivity index (χ0n) is 19.2. The number of carbonyl (C=O) groups excluding carboxylic acids is 2. The molecule has 0 aliphatic heterocycles. The van der Waals surface area contributed by atoms with Crippen molar-refractivity contribution in [2.45, 2.75) is 0 Å². The SMILES string of the molecule is COc1ccc(C(=O)Oc2ccc(C=NNC(=O)COc3ccc(Br)cc3)cc2OC)cc1OC.